The van der Waals surface area contributed by atoms with Crippen molar-refractivity contribution in [1.29, 1.82) is 0 Å². The molecule has 0 saturated heterocycles. The molecular formula is C16H18N2O3. The van der Waals surface area contributed by atoms with Gasteiger partial charge in [0.2, 0.25) is 0 Å². The van der Waals surface area contributed by atoms with Gasteiger partial charge in [0.15, 0.2) is 0 Å². The van der Waals surface area contributed by atoms with Crippen molar-refractivity contribution < 1.29 is 14.5 Å². The van der Waals surface area contributed by atoms with Crippen molar-refractivity contribution in [2.45, 2.75) is 6.42 Å². The number of benzene rings is 2. The van der Waals surface area contributed by atoms with Crippen molar-refractivity contribution in [3.8, 4) is 0 Å². The molecule has 0 unspecified atom stereocenters. The van der Waals surface area contributed by atoms with Crippen LogP contribution in [0.3, 0.4) is 0 Å². The molecule has 2 rings (SSSR count). The molecule has 0 aliphatic rings. The lowest BCUT2D eigenvalue weighted by atomic mass is 10.2. The van der Waals surface area contributed by atoms with E-state index in [1.54, 1.807) is 12.1 Å². The smallest absolute Gasteiger partial charge is 0.275 e. The van der Waals surface area contributed by atoms with Gasteiger partial charge in [-0.3, -0.25) is 9.68 Å². The first-order valence-electron chi connectivity index (χ1n) is 6.66. The lowest BCUT2D eigenvalue weighted by Gasteiger charge is -2.21. The van der Waals surface area contributed by atoms with Crippen LogP contribution in [0, 0.1) is 0 Å². The average Bonchev–Trinajstić information content (AvgIpc) is 2.53. The largest absolute Gasteiger partial charge is 0.370 e. The second-order valence-electron chi connectivity index (χ2n) is 4.31. The van der Waals surface area contributed by atoms with Gasteiger partial charge in [-0.25, -0.2) is 10.3 Å². The van der Waals surface area contributed by atoms with Crippen molar-refractivity contribution >= 4 is 11.7 Å². The third-order valence-corrected chi connectivity index (χ3v) is 2.82. The van der Waals surface area contributed by atoms with Crippen molar-refractivity contribution in [3.05, 3.63) is 66.2 Å². The molecule has 0 atom stereocenters. The van der Waals surface area contributed by atoms with E-state index in [2.05, 4.69) is 10.3 Å². The van der Waals surface area contributed by atoms with Crippen LogP contribution in [-0.2, 0) is 16.1 Å². The molecule has 1 N–H and O–H groups in total. The summed E-state index contributed by atoms with van der Waals surface area (Å²) in [5.41, 5.74) is 4.04. The van der Waals surface area contributed by atoms with E-state index in [1.165, 1.54) is 12.2 Å². The molecule has 0 heterocycles. The van der Waals surface area contributed by atoms with E-state index in [0.29, 0.717) is 18.7 Å². The SMILES string of the molecule is CONC(=O)N(OCCc1ccccc1)c1ccccc1. The summed E-state index contributed by atoms with van der Waals surface area (Å²) in [5, 5.41) is 1.19. The maximum Gasteiger partial charge on any atom is 0.370 e. The number of amides is 2. The highest BCUT2D eigenvalue weighted by atomic mass is 16.7. The zero-order chi connectivity index (χ0) is 14.9. The zero-order valence-corrected chi connectivity index (χ0v) is 11.9. The highest BCUT2D eigenvalue weighted by molar-refractivity contribution is 5.89. The number of carbonyl (C=O) groups is 1. The maximum absolute atomic E-state index is 12.0. The predicted octanol–water partition coefficient (Wildman–Crippen LogP) is 2.94. The van der Waals surface area contributed by atoms with Crippen LogP contribution in [0.25, 0.3) is 0 Å². The van der Waals surface area contributed by atoms with Crippen LogP contribution in [0.2, 0.25) is 0 Å². The molecule has 0 spiro atoms. The first-order valence-corrected chi connectivity index (χ1v) is 6.66. The van der Waals surface area contributed by atoms with Crippen LogP contribution in [0.4, 0.5) is 10.5 Å². The number of hydrogen-bond donors (Lipinski definition) is 1. The number of hydroxylamine groups is 2. The van der Waals surface area contributed by atoms with Gasteiger partial charge < -0.3 is 0 Å². The van der Waals surface area contributed by atoms with Gasteiger partial charge in [0, 0.05) is 0 Å². The molecule has 0 aliphatic carbocycles. The Balaban J connectivity index is 1.98. The van der Waals surface area contributed by atoms with E-state index >= 15 is 0 Å². The molecule has 0 aliphatic heterocycles. The number of urea groups is 1. The quantitative estimate of drug-likeness (QED) is 0.831. The van der Waals surface area contributed by atoms with Crippen LogP contribution in [0.5, 0.6) is 0 Å². The summed E-state index contributed by atoms with van der Waals surface area (Å²) in [6.07, 6.45) is 0.713. The van der Waals surface area contributed by atoms with Crippen molar-refractivity contribution in [1.82, 2.24) is 5.48 Å². The Morgan fingerprint density at radius 2 is 1.67 bits per heavy atom. The Morgan fingerprint density at radius 1 is 1.05 bits per heavy atom. The van der Waals surface area contributed by atoms with Crippen molar-refractivity contribution in [2.24, 2.45) is 0 Å². The molecule has 21 heavy (non-hydrogen) atoms. The first kappa shape index (κ1) is 15.0. The topological polar surface area (TPSA) is 50.8 Å². The van der Waals surface area contributed by atoms with E-state index in [0.717, 1.165) is 5.56 Å². The predicted molar refractivity (Wildman–Crippen MR) is 80.6 cm³/mol. The number of nitrogens with one attached hydrogen (secondary N) is 1. The van der Waals surface area contributed by atoms with Gasteiger partial charge in [-0.05, 0) is 24.1 Å². The fourth-order valence-electron chi connectivity index (χ4n) is 1.84. The number of carbonyl (C=O) groups excluding carboxylic acids is 1. The molecule has 0 aromatic heterocycles. The van der Waals surface area contributed by atoms with E-state index < -0.39 is 6.03 Å². The van der Waals surface area contributed by atoms with E-state index in [-0.39, 0.29) is 0 Å². The van der Waals surface area contributed by atoms with Crippen molar-refractivity contribution in [3.63, 3.8) is 0 Å². The Bertz CT molecular complexity index is 546. The van der Waals surface area contributed by atoms with E-state index in [1.807, 2.05) is 48.5 Å². The second kappa shape index (κ2) is 8.04. The Hall–Kier alpha value is -2.37. The molecular weight excluding hydrogens is 268 g/mol. The van der Waals surface area contributed by atoms with Gasteiger partial charge in [0.1, 0.15) is 0 Å². The van der Waals surface area contributed by atoms with E-state index in [9.17, 15) is 4.79 Å². The molecule has 2 aromatic carbocycles. The van der Waals surface area contributed by atoms with Crippen LogP contribution < -0.4 is 10.5 Å². The minimum Gasteiger partial charge on any atom is -0.275 e. The highest BCUT2D eigenvalue weighted by Gasteiger charge is 2.16. The van der Waals surface area contributed by atoms with Gasteiger partial charge in [-0.15, -0.1) is 0 Å². The molecule has 110 valence electrons. The summed E-state index contributed by atoms with van der Waals surface area (Å²) in [6.45, 7) is 0.385. The van der Waals surface area contributed by atoms with Gasteiger partial charge in [-0.1, -0.05) is 48.5 Å². The summed E-state index contributed by atoms with van der Waals surface area (Å²) in [4.78, 5) is 22.2. The minimum absolute atomic E-state index is 0.385. The molecule has 2 amide bonds. The Kier molecular flexibility index (Phi) is 5.75. The number of anilines is 1. The third-order valence-electron chi connectivity index (χ3n) is 2.82. The molecule has 0 fully saturated rings. The monoisotopic (exact) mass is 286 g/mol. The summed E-state index contributed by atoms with van der Waals surface area (Å²) in [7, 11) is 1.38. The third kappa shape index (κ3) is 4.59. The molecule has 2 aromatic rings. The summed E-state index contributed by atoms with van der Waals surface area (Å²) in [5.74, 6) is 0. The van der Waals surface area contributed by atoms with Crippen LogP contribution in [0.1, 0.15) is 5.56 Å². The first-order chi connectivity index (χ1) is 10.3. The lowest BCUT2D eigenvalue weighted by molar-refractivity contribution is 0.0732. The van der Waals surface area contributed by atoms with Crippen LogP contribution in [-0.4, -0.2) is 19.7 Å². The molecule has 0 bridgehead atoms. The van der Waals surface area contributed by atoms with Crippen LogP contribution in [0.15, 0.2) is 60.7 Å². The molecule has 5 nitrogen and oxygen atoms in total. The molecule has 5 heteroatoms. The fraction of sp³-hybridized carbons (Fsp3) is 0.188. The summed E-state index contributed by atoms with van der Waals surface area (Å²) >= 11 is 0. The number of para-hydroxylation sites is 1. The standard InChI is InChI=1S/C16H18N2O3/c1-20-17-16(19)18(15-10-6-3-7-11-15)21-13-12-14-8-4-2-5-9-14/h2-11H,12-13H2,1H3,(H,17,19). The lowest BCUT2D eigenvalue weighted by Crippen LogP contribution is -2.40. The normalized spacial score (nSPS) is 10.1. The molecule has 0 saturated carbocycles. The zero-order valence-electron chi connectivity index (χ0n) is 11.9. The maximum atomic E-state index is 12.0. The van der Waals surface area contributed by atoms with Gasteiger partial charge in [-0.2, -0.15) is 5.06 Å². The highest BCUT2D eigenvalue weighted by Crippen LogP contribution is 2.14. The number of rotatable bonds is 6. The van der Waals surface area contributed by atoms with E-state index in [4.69, 9.17) is 4.84 Å². The average molecular weight is 286 g/mol. The Labute approximate surface area is 124 Å². The molecule has 0 radical (unpaired) electrons. The van der Waals surface area contributed by atoms with Gasteiger partial charge >= 0.3 is 6.03 Å². The van der Waals surface area contributed by atoms with Gasteiger partial charge in [0.25, 0.3) is 0 Å². The minimum atomic E-state index is -0.475. The van der Waals surface area contributed by atoms with Gasteiger partial charge in [0.05, 0.1) is 19.4 Å². The summed E-state index contributed by atoms with van der Waals surface area (Å²) < 4.78 is 0. The summed E-state index contributed by atoms with van der Waals surface area (Å²) in [6, 6.07) is 18.6. The van der Waals surface area contributed by atoms with Crippen LogP contribution >= 0.6 is 0 Å². The Morgan fingerprint density at radius 3 is 2.29 bits per heavy atom. The second-order valence-corrected chi connectivity index (χ2v) is 4.31. The number of nitrogens with zero attached hydrogens (tertiary/aromatic N) is 1. The number of hydrogen-bond acceptors (Lipinski definition) is 3. The van der Waals surface area contributed by atoms with Crippen molar-refractivity contribution in [2.75, 3.05) is 18.8 Å². The fourth-order valence-corrected chi connectivity index (χ4v) is 1.84.